The minimum atomic E-state index is 0.0813. The van der Waals surface area contributed by atoms with Crippen LogP contribution in [-0.4, -0.2) is 20.3 Å². The highest BCUT2D eigenvalue weighted by atomic mass is 32.1. The Morgan fingerprint density at radius 1 is 1.00 bits per heavy atom. The van der Waals surface area contributed by atoms with Gasteiger partial charge in [-0.3, -0.25) is 4.79 Å². The van der Waals surface area contributed by atoms with Crippen LogP contribution in [0.5, 0.6) is 5.75 Å². The van der Waals surface area contributed by atoms with Crippen molar-refractivity contribution in [3.05, 3.63) is 52.7 Å². The van der Waals surface area contributed by atoms with Gasteiger partial charge in [0.25, 0.3) is 0 Å². The molecule has 1 aromatic heterocycles. The van der Waals surface area contributed by atoms with E-state index in [0.29, 0.717) is 13.2 Å². The Bertz CT molecular complexity index is 808. The third-order valence-electron chi connectivity index (χ3n) is 3.11. The average molecular weight is 286 g/mol. The largest absolute Gasteiger partial charge is 0.491 e. The second-order valence-electron chi connectivity index (χ2n) is 4.43. The van der Waals surface area contributed by atoms with Crippen LogP contribution < -0.4 is 10.2 Å². The highest BCUT2D eigenvalue weighted by Gasteiger charge is 2.06. The summed E-state index contributed by atoms with van der Waals surface area (Å²) in [6, 6.07) is 13.3. The fourth-order valence-corrected chi connectivity index (χ4v) is 3.21. The van der Waals surface area contributed by atoms with Crippen LogP contribution in [0.15, 0.2) is 47.3 Å². The standard InChI is InChI=1S/C16H14O3S/c1-18-8-9-19-11-6-7-13-15(10-11)20-14-5-3-2-4-12(14)16(13)17/h2-7,10H,8-9H2,1H3. The molecule has 0 saturated heterocycles. The Balaban J connectivity index is 2.10. The molecule has 1 heterocycles. The third kappa shape index (κ3) is 2.40. The molecule has 0 bridgehead atoms. The van der Waals surface area contributed by atoms with E-state index in [1.807, 2.05) is 42.5 Å². The number of fused-ring (bicyclic) bond motifs is 2. The zero-order chi connectivity index (χ0) is 13.9. The van der Waals surface area contributed by atoms with Crippen molar-refractivity contribution in [1.29, 1.82) is 0 Å². The Morgan fingerprint density at radius 2 is 1.80 bits per heavy atom. The second-order valence-corrected chi connectivity index (χ2v) is 5.51. The van der Waals surface area contributed by atoms with Crippen LogP contribution in [0, 0.1) is 0 Å². The number of hydrogen-bond acceptors (Lipinski definition) is 4. The smallest absolute Gasteiger partial charge is 0.195 e. The Hall–Kier alpha value is -1.91. The van der Waals surface area contributed by atoms with Crippen LogP contribution in [-0.2, 0) is 4.74 Å². The molecule has 3 aromatic rings. The van der Waals surface area contributed by atoms with E-state index in [4.69, 9.17) is 9.47 Å². The van der Waals surface area contributed by atoms with E-state index in [1.54, 1.807) is 18.4 Å². The summed E-state index contributed by atoms with van der Waals surface area (Å²) in [5.41, 5.74) is 0.0813. The van der Waals surface area contributed by atoms with Crippen LogP contribution in [0.3, 0.4) is 0 Å². The summed E-state index contributed by atoms with van der Waals surface area (Å²) in [6.07, 6.45) is 0. The number of ether oxygens (including phenoxy) is 2. The van der Waals surface area contributed by atoms with E-state index >= 15 is 0 Å². The molecule has 0 aliphatic carbocycles. The van der Waals surface area contributed by atoms with Gasteiger partial charge >= 0.3 is 0 Å². The van der Waals surface area contributed by atoms with Crippen LogP contribution in [0.2, 0.25) is 0 Å². The zero-order valence-electron chi connectivity index (χ0n) is 11.1. The topological polar surface area (TPSA) is 35.5 Å². The maximum absolute atomic E-state index is 12.4. The predicted octanol–water partition coefficient (Wildman–Crippen LogP) is 3.44. The van der Waals surface area contributed by atoms with Crippen molar-refractivity contribution in [2.45, 2.75) is 0 Å². The first kappa shape index (κ1) is 13.1. The van der Waals surface area contributed by atoms with Gasteiger partial charge in [0, 0.05) is 27.3 Å². The van der Waals surface area contributed by atoms with Crippen molar-refractivity contribution < 1.29 is 9.47 Å². The molecule has 0 unspecified atom stereocenters. The summed E-state index contributed by atoms with van der Waals surface area (Å²) in [7, 11) is 1.64. The molecule has 0 fully saturated rings. The number of methoxy groups -OCH3 is 1. The van der Waals surface area contributed by atoms with Gasteiger partial charge in [-0.2, -0.15) is 0 Å². The first-order chi connectivity index (χ1) is 9.79. The van der Waals surface area contributed by atoms with Gasteiger partial charge in [-0.1, -0.05) is 12.1 Å². The molecule has 3 rings (SSSR count). The highest BCUT2D eigenvalue weighted by molar-refractivity contribution is 7.24. The molecule has 0 radical (unpaired) electrons. The maximum Gasteiger partial charge on any atom is 0.195 e. The highest BCUT2D eigenvalue weighted by Crippen LogP contribution is 2.27. The fourth-order valence-electron chi connectivity index (χ4n) is 2.11. The molecule has 20 heavy (non-hydrogen) atoms. The van der Waals surface area contributed by atoms with Crippen LogP contribution in [0.1, 0.15) is 0 Å². The van der Waals surface area contributed by atoms with Crippen molar-refractivity contribution in [2.24, 2.45) is 0 Å². The lowest BCUT2D eigenvalue weighted by atomic mass is 10.2. The second kappa shape index (κ2) is 5.61. The summed E-state index contributed by atoms with van der Waals surface area (Å²) in [6.45, 7) is 1.05. The average Bonchev–Trinajstić information content (AvgIpc) is 2.48. The quantitative estimate of drug-likeness (QED) is 0.544. The molecule has 0 N–H and O–H groups in total. The van der Waals surface area contributed by atoms with Gasteiger partial charge in [-0.25, -0.2) is 0 Å². The summed E-state index contributed by atoms with van der Waals surface area (Å²) >= 11 is 1.61. The molecule has 3 nitrogen and oxygen atoms in total. The van der Waals surface area contributed by atoms with Gasteiger partial charge in [-0.15, -0.1) is 11.3 Å². The molecule has 0 amide bonds. The number of benzene rings is 2. The molecule has 0 aliphatic heterocycles. The molecule has 4 heteroatoms. The summed E-state index contributed by atoms with van der Waals surface area (Å²) < 4.78 is 12.5. The minimum Gasteiger partial charge on any atom is -0.491 e. The van der Waals surface area contributed by atoms with E-state index in [-0.39, 0.29) is 5.43 Å². The lowest BCUT2D eigenvalue weighted by Crippen LogP contribution is -2.05. The van der Waals surface area contributed by atoms with Crippen molar-refractivity contribution in [3.63, 3.8) is 0 Å². The first-order valence-corrected chi connectivity index (χ1v) is 7.18. The van der Waals surface area contributed by atoms with E-state index in [9.17, 15) is 4.79 Å². The molecule has 102 valence electrons. The fraction of sp³-hybridized carbons (Fsp3) is 0.188. The zero-order valence-corrected chi connectivity index (χ0v) is 11.9. The van der Waals surface area contributed by atoms with E-state index in [0.717, 1.165) is 25.9 Å². The molecule has 0 aliphatic rings. The Morgan fingerprint density at radius 3 is 2.65 bits per heavy atom. The van der Waals surface area contributed by atoms with Crippen LogP contribution >= 0.6 is 11.3 Å². The van der Waals surface area contributed by atoms with E-state index < -0.39 is 0 Å². The van der Waals surface area contributed by atoms with Gasteiger partial charge in [0.2, 0.25) is 0 Å². The minimum absolute atomic E-state index is 0.0813. The van der Waals surface area contributed by atoms with Gasteiger partial charge in [0.1, 0.15) is 12.4 Å². The van der Waals surface area contributed by atoms with Crippen LogP contribution in [0.25, 0.3) is 20.2 Å². The van der Waals surface area contributed by atoms with E-state index in [1.165, 1.54) is 0 Å². The summed E-state index contributed by atoms with van der Waals surface area (Å²) in [5.74, 6) is 0.764. The summed E-state index contributed by atoms with van der Waals surface area (Å²) in [4.78, 5) is 12.4. The Labute approximate surface area is 120 Å². The molecule has 0 spiro atoms. The SMILES string of the molecule is COCCOc1ccc2c(=O)c3ccccc3sc2c1. The van der Waals surface area contributed by atoms with Crippen molar-refractivity contribution in [1.82, 2.24) is 0 Å². The molecular weight excluding hydrogens is 272 g/mol. The number of rotatable bonds is 4. The molecule has 0 atom stereocenters. The summed E-state index contributed by atoms with van der Waals surface area (Å²) in [5, 5.41) is 1.52. The third-order valence-corrected chi connectivity index (χ3v) is 4.24. The molecular formula is C16H14O3S. The van der Waals surface area contributed by atoms with Gasteiger partial charge in [0.05, 0.1) is 6.61 Å². The maximum atomic E-state index is 12.4. The van der Waals surface area contributed by atoms with Gasteiger partial charge < -0.3 is 9.47 Å². The van der Waals surface area contributed by atoms with Crippen LogP contribution in [0.4, 0.5) is 0 Å². The molecule has 2 aromatic carbocycles. The van der Waals surface area contributed by atoms with Crippen molar-refractivity contribution in [2.75, 3.05) is 20.3 Å². The Kier molecular flexibility index (Phi) is 3.67. The monoisotopic (exact) mass is 286 g/mol. The number of hydrogen-bond donors (Lipinski definition) is 0. The van der Waals surface area contributed by atoms with E-state index in [2.05, 4.69) is 0 Å². The normalized spacial score (nSPS) is 11.1. The van der Waals surface area contributed by atoms with Gasteiger partial charge in [0.15, 0.2) is 5.43 Å². The lowest BCUT2D eigenvalue weighted by molar-refractivity contribution is 0.146. The lowest BCUT2D eigenvalue weighted by Gasteiger charge is -2.07. The van der Waals surface area contributed by atoms with Gasteiger partial charge in [-0.05, 0) is 30.3 Å². The predicted molar refractivity (Wildman–Crippen MR) is 83.0 cm³/mol. The van der Waals surface area contributed by atoms with Crippen molar-refractivity contribution >= 4 is 31.5 Å². The first-order valence-electron chi connectivity index (χ1n) is 6.37. The van der Waals surface area contributed by atoms with Crippen molar-refractivity contribution in [3.8, 4) is 5.75 Å². The molecule has 0 saturated carbocycles.